The zero-order chi connectivity index (χ0) is 23.2. The van der Waals surface area contributed by atoms with Crippen LogP contribution < -0.4 is 0 Å². The molecular weight excluding hydrogens is 410 g/mol. The summed E-state index contributed by atoms with van der Waals surface area (Å²) < 4.78 is 0. The first-order valence-corrected chi connectivity index (χ1v) is 13.1. The molecule has 0 spiro atoms. The molecule has 0 saturated carbocycles. The zero-order valence-corrected chi connectivity index (χ0v) is 20.4. The summed E-state index contributed by atoms with van der Waals surface area (Å²) in [6.07, 6.45) is 14.1. The van der Waals surface area contributed by atoms with Crippen LogP contribution >= 0.6 is 0 Å². The Labute approximate surface area is 203 Å². The number of aryl methyl sites for hydroxylation is 1. The normalized spacial score (nSPS) is 11.6. The predicted octanol–water partition coefficient (Wildman–Crippen LogP) is 9.89. The Kier molecular flexibility index (Phi) is 7.19. The van der Waals surface area contributed by atoms with E-state index in [1.54, 1.807) is 0 Å². The molecule has 1 nitrogen and oxygen atoms in total. The minimum atomic E-state index is 1.08. The molecule has 0 aliphatic heterocycles. The van der Waals surface area contributed by atoms with Crippen molar-refractivity contribution >= 4 is 32.3 Å². The van der Waals surface area contributed by atoms with Crippen molar-refractivity contribution in [3.8, 4) is 11.3 Å². The second-order valence-electron chi connectivity index (χ2n) is 9.62. The van der Waals surface area contributed by atoms with Crippen LogP contribution in [0.15, 0.2) is 85.1 Å². The standard InChI is InChI=1S/C33H35N/c1-2-3-4-5-6-7-8-9-12-25-15-17-27(18-16-25)33-32-22-21-29-28-14-11-10-13-26(28)19-20-30(29)31(32)23-24-34-33/h10-11,13-24H,2-9,12H2,1H3. The second-order valence-corrected chi connectivity index (χ2v) is 9.62. The van der Waals surface area contributed by atoms with E-state index in [4.69, 9.17) is 4.98 Å². The van der Waals surface area contributed by atoms with Gasteiger partial charge < -0.3 is 0 Å². The fourth-order valence-electron chi connectivity index (χ4n) is 5.28. The molecule has 0 aliphatic carbocycles. The lowest BCUT2D eigenvalue weighted by molar-refractivity contribution is 0.575. The van der Waals surface area contributed by atoms with Gasteiger partial charge in [0.2, 0.25) is 0 Å². The van der Waals surface area contributed by atoms with Crippen LogP contribution in [0.2, 0.25) is 0 Å². The van der Waals surface area contributed by atoms with Crippen LogP contribution in [0.1, 0.15) is 63.9 Å². The van der Waals surface area contributed by atoms with E-state index in [9.17, 15) is 0 Å². The molecule has 0 atom stereocenters. The highest BCUT2D eigenvalue weighted by Crippen LogP contribution is 2.34. The molecule has 0 bridgehead atoms. The number of fused-ring (bicyclic) bond motifs is 5. The largest absolute Gasteiger partial charge is 0.256 e. The molecular formula is C33H35N. The van der Waals surface area contributed by atoms with Gasteiger partial charge in [0.05, 0.1) is 5.69 Å². The molecule has 5 aromatic rings. The van der Waals surface area contributed by atoms with E-state index in [1.165, 1.54) is 101 Å². The van der Waals surface area contributed by atoms with E-state index < -0.39 is 0 Å². The summed E-state index contributed by atoms with van der Waals surface area (Å²) in [6.45, 7) is 2.28. The molecule has 0 radical (unpaired) electrons. The fraction of sp³-hybridized carbons (Fsp3) is 0.303. The topological polar surface area (TPSA) is 12.9 Å². The minimum absolute atomic E-state index is 1.08. The van der Waals surface area contributed by atoms with Crippen LogP contribution in [0.25, 0.3) is 43.6 Å². The van der Waals surface area contributed by atoms with Crippen molar-refractivity contribution in [1.82, 2.24) is 4.98 Å². The Morgan fingerprint density at radius 3 is 2.00 bits per heavy atom. The number of aromatic nitrogens is 1. The van der Waals surface area contributed by atoms with Crippen molar-refractivity contribution in [2.45, 2.75) is 64.7 Å². The number of pyridine rings is 1. The number of rotatable bonds is 10. The molecule has 0 amide bonds. The lowest BCUT2D eigenvalue weighted by atomic mass is 9.95. The van der Waals surface area contributed by atoms with Crippen molar-refractivity contribution in [3.63, 3.8) is 0 Å². The summed E-state index contributed by atoms with van der Waals surface area (Å²) in [6, 6.07) is 28.9. The van der Waals surface area contributed by atoms with Crippen molar-refractivity contribution in [2.75, 3.05) is 0 Å². The first-order chi connectivity index (χ1) is 16.8. The molecule has 1 aromatic heterocycles. The molecule has 4 aromatic carbocycles. The molecule has 0 N–H and O–H groups in total. The van der Waals surface area contributed by atoms with Crippen LogP contribution in [0.3, 0.4) is 0 Å². The van der Waals surface area contributed by atoms with Gasteiger partial charge >= 0.3 is 0 Å². The molecule has 34 heavy (non-hydrogen) atoms. The van der Waals surface area contributed by atoms with Crippen LogP contribution in [0.5, 0.6) is 0 Å². The Bertz CT molecular complexity index is 1380. The van der Waals surface area contributed by atoms with Gasteiger partial charge in [0.25, 0.3) is 0 Å². The van der Waals surface area contributed by atoms with Crippen molar-refractivity contribution in [2.24, 2.45) is 0 Å². The maximum absolute atomic E-state index is 4.79. The average molecular weight is 446 g/mol. The smallest absolute Gasteiger partial charge is 0.0780 e. The Balaban J connectivity index is 1.32. The molecule has 5 rings (SSSR count). The minimum Gasteiger partial charge on any atom is -0.256 e. The lowest BCUT2D eigenvalue weighted by Crippen LogP contribution is -1.90. The van der Waals surface area contributed by atoms with Crippen molar-refractivity contribution in [1.29, 1.82) is 0 Å². The molecule has 172 valence electrons. The SMILES string of the molecule is CCCCCCCCCCc1ccc(-c2nccc3c2ccc2c4ccccc4ccc32)cc1. The number of nitrogens with zero attached hydrogens (tertiary/aromatic N) is 1. The maximum atomic E-state index is 4.79. The zero-order valence-electron chi connectivity index (χ0n) is 20.4. The molecule has 0 fully saturated rings. The quantitative estimate of drug-likeness (QED) is 0.154. The van der Waals surface area contributed by atoms with Gasteiger partial charge in [0.1, 0.15) is 0 Å². The summed E-state index contributed by atoms with van der Waals surface area (Å²) >= 11 is 0. The summed E-state index contributed by atoms with van der Waals surface area (Å²) in [5.74, 6) is 0. The Hall–Kier alpha value is -3.19. The molecule has 1 heterocycles. The Morgan fingerprint density at radius 2 is 1.18 bits per heavy atom. The summed E-state index contributed by atoms with van der Waals surface area (Å²) in [7, 11) is 0. The lowest BCUT2D eigenvalue weighted by Gasteiger charge is -2.11. The van der Waals surface area contributed by atoms with Crippen molar-refractivity contribution < 1.29 is 0 Å². The molecule has 0 saturated heterocycles. The summed E-state index contributed by atoms with van der Waals surface area (Å²) in [4.78, 5) is 4.79. The first kappa shape index (κ1) is 22.6. The van der Waals surface area contributed by atoms with E-state index in [2.05, 4.69) is 85.8 Å². The maximum Gasteiger partial charge on any atom is 0.0780 e. The second kappa shape index (κ2) is 10.8. The average Bonchev–Trinajstić information content (AvgIpc) is 2.90. The number of hydrogen-bond acceptors (Lipinski definition) is 1. The van der Waals surface area contributed by atoms with E-state index in [0.717, 1.165) is 5.69 Å². The highest BCUT2D eigenvalue weighted by Gasteiger charge is 2.10. The van der Waals surface area contributed by atoms with Crippen LogP contribution in [-0.2, 0) is 6.42 Å². The number of hydrogen-bond donors (Lipinski definition) is 0. The van der Waals surface area contributed by atoms with Gasteiger partial charge in [0.15, 0.2) is 0 Å². The third-order valence-corrected chi connectivity index (χ3v) is 7.21. The van der Waals surface area contributed by atoms with Gasteiger partial charge in [-0.05, 0) is 51.4 Å². The van der Waals surface area contributed by atoms with E-state index in [0.29, 0.717) is 0 Å². The predicted molar refractivity (Wildman–Crippen MR) is 149 cm³/mol. The van der Waals surface area contributed by atoms with E-state index >= 15 is 0 Å². The van der Waals surface area contributed by atoms with Crippen molar-refractivity contribution in [3.05, 3.63) is 90.6 Å². The molecule has 0 aliphatic rings. The van der Waals surface area contributed by atoms with Crippen LogP contribution in [0.4, 0.5) is 0 Å². The van der Waals surface area contributed by atoms with Gasteiger partial charge in [-0.25, -0.2) is 0 Å². The van der Waals surface area contributed by atoms with Crippen LogP contribution in [-0.4, -0.2) is 4.98 Å². The first-order valence-electron chi connectivity index (χ1n) is 13.1. The molecule has 0 unspecified atom stereocenters. The third kappa shape index (κ3) is 4.85. The highest BCUT2D eigenvalue weighted by molar-refractivity contribution is 6.18. The van der Waals surface area contributed by atoms with Gasteiger partial charge in [-0.1, -0.05) is 125 Å². The molecule has 1 heteroatoms. The number of benzene rings is 4. The van der Waals surface area contributed by atoms with Gasteiger partial charge in [-0.3, -0.25) is 4.98 Å². The third-order valence-electron chi connectivity index (χ3n) is 7.21. The monoisotopic (exact) mass is 445 g/mol. The van der Waals surface area contributed by atoms with E-state index in [1.807, 2.05) is 6.20 Å². The van der Waals surface area contributed by atoms with Gasteiger partial charge in [-0.2, -0.15) is 0 Å². The fourth-order valence-corrected chi connectivity index (χ4v) is 5.28. The van der Waals surface area contributed by atoms with Crippen LogP contribution in [0, 0.1) is 0 Å². The highest BCUT2D eigenvalue weighted by atomic mass is 14.7. The van der Waals surface area contributed by atoms with Gasteiger partial charge in [0, 0.05) is 17.1 Å². The summed E-state index contributed by atoms with van der Waals surface area (Å²) in [5.41, 5.74) is 3.71. The Morgan fingerprint density at radius 1 is 0.529 bits per heavy atom. The summed E-state index contributed by atoms with van der Waals surface area (Å²) in [5, 5.41) is 7.70. The van der Waals surface area contributed by atoms with Gasteiger partial charge in [-0.15, -0.1) is 0 Å². The van der Waals surface area contributed by atoms with E-state index in [-0.39, 0.29) is 0 Å². The number of unbranched alkanes of at least 4 members (excludes halogenated alkanes) is 7.